The summed E-state index contributed by atoms with van der Waals surface area (Å²) in [6.45, 7) is 5.66. The molecule has 0 radical (unpaired) electrons. The molecule has 0 aliphatic carbocycles. The molecule has 0 aromatic heterocycles. The summed E-state index contributed by atoms with van der Waals surface area (Å²) in [4.78, 5) is 2.26. The molecule has 2 nitrogen and oxygen atoms in total. The van der Waals surface area contributed by atoms with Gasteiger partial charge in [0, 0.05) is 30.8 Å². The van der Waals surface area contributed by atoms with Crippen molar-refractivity contribution in [1.82, 2.24) is 10.2 Å². The molecule has 106 valence electrons. The summed E-state index contributed by atoms with van der Waals surface area (Å²) in [6.07, 6.45) is 3.36. The van der Waals surface area contributed by atoms with Crippen molar-refractivity contribution in [2.75, 3.05) is 19.6 Å². The lowest BCUT2D eigenvalue weighted by atomic mass is 10.1. The molecule has 1 aromatic rings. The molecule has 0 amide bonds. The van der Waals surface area contributed by atoms with E-state index in [1.165, 1.54) is 6.07 Å². The molecule has 1 aliphatic heterocycles. The van der Waals surface area contributed by atoms with E-state index in [2.05, 4.69) is 17.1 Å². The molecule has 1 aliphatic rings. The summed E-state index contributed by atoms with van der Waals surface area (Å²) >= 11 is 0. The smallest absolute Gasteiger partial charge is 0.130 e. The van der Waals surface area contributed by atoms with E-state index in [1.807, 2.05) is 0 Å². The minimum atomic E-state index is -0.511. The lowest BCUT2D eigenvalue weighted by molar-refractivity contribution is 0.251. The Hall–Kier alpha value is -1.00. The molecule has 1 saturated heterocycles. The van der Waals surface area contributed by atoms with E-state index in [0.29, 0.717) is 18.2 Å². The summed E-state index contributed by atoms with van der Waals surface area (Å²) in [5.74, 6) is -0.952. The quantitative estimate of drug-likeness (QED) is 0.903. The van der Waals surface area contributed by atoms with Gasteiger partial charge in [-0.2, -0.15) is 0 Å². The number of hydrogen-bond acceptors (Lipinski definition) is 2. The molecule has 1 unspecified atom stereocenters. The van der Waals surface area contributed by atoms with Gasteiger partial charge in [0.1, 0.15) is 11.6 Å². The van der Waals surface area contributed by atoms with Crippen LogP contribution in [-0.2, 0) is 6.54 Å². The van der Waals surface area contributed by atoms with Gasteiger partial charge in [-0.1, -0.05) is 19.4 Å². The number of halogens is 2. The molecule has 1 fully saturated rings. The van der Waals surface area contributed by atoms with Crippen LogP contribution in [0.25, 0.3) is 0 Å². The Morgan fingerprint density at radius 2 is 2.21 bits per heavy atom. The first kappa shape index (κ1) is 14.4. The second kappa shape index (κ2) is 6.96. The monoisotopic (exact) mass is 268 g/mol. The molecule has 0 spiro atoms. The molecule has 0 saturated carbocycles. The van der Waals surface area contributed by atoms with Gasteiger partial charge >= 0.3 is 0 Å². The Balaban J connectivity index is 2.00. The van der Waals surface area contributed by atoms with Gasteiger partial charge in [-0.15, -0.1) is 0 Å². The van der Waals surface area contributed by atoms with Crippen molar-refractivity contribution < 1.29 is 8.78 Å². The van der Waals surface area contributed by atoms with Crippen LogP contribution in [0.15, 0.2) is 18.2 Å². The number of nitrogens with one attached hydrogen (secondary N) is 1. The van der Waals surface area contributed by atoms with Gasteiger partial charge in [-0.25, -0.2) is 8.78 Å². The number of hydrogen-bond donors (Lipinski definition) is 1. The van der Waals surface area contributed by atoms with Crippen LogP contribution in [0.4, 0.5) is 8.78 Å². The Kier molecular flexibility index (Phi) is 5.28. The van der Waals surface area contributed by atoms with Crippen molar-refractivity contribution in [1.29, 1.82) is 0 Å². The van der Waals surface area contributed by atoms with Crippen molar-refractivity contribution >= 4 is 0 Å². The van der Waals surface area contributed by atoms with Crippen molar-refractivity contribution in [2.45, 2.75) is 38.8 Å². The Morgan fingerprint density at radius 1 is 1.37 bits per heavy atom. The topological polar surface area (TPSA) is 15.3 Å². The third-order valence-corrected chi connectivity index (χ3v) is 3.61. The normalized spacial score (nSPS) is 21.3. The summed E-state index contributed by atoms with van der Waals surface area (Å²) < 4.78 is 26.6. The highest BCUT2D eigenvalue weighted by molar-refractivity contribution is 5.18. The molecule has 1 heterocycles. The van der Waals surface area contributed by atoms with E-state index in [4.69, 9.17) is 0 Å². The SMILES string of the molecule is CCCC1CN(Cc2ccc(F)cc2F)CCCN1. The van der Waals surface area contributed by atoms with Crippen LogP contribution < -0.4 is 5.32 Å². The third kappa shape index (κ3) is 4.25. The highest BCUT2D eigenvalue weighted by Gasteiger charge is 2.18. The average Bonchev–Trinajstić information content (AvgIpc) is 2.59. The van der Waals surface area contributed by atoms with E-state index < -0.39 is 11.6 Å². The second-order valence-corrected chi connectivity index (χ2v) is 5.26. The molecule has 19 heavy (non-hydrogen) atoms. The summed E-state index contributed by atoms with van der Waals surface area (Å²) in [5, 5.41) is 3.53. The van der Waals surface area contributed by atoms with Crippen molar-refractivity contribution in [3.63, 3.8) is 0 Å². The van der Waals surface area contributed by atoms with Crippen molar-refractivity contribution in [2.24, 2.45) is 0 Å². The first-order valence-corrected chi connectivity index (χ1v) is 7.08. The van der Waals surface area contributed by atoms with E-state index in [0.717, 1.165) is 45.0 Å². The van der Waals surface area contributed by atoms with Gasteiger partial charge in [-0.05, 0) is 32.0 Å². The minimum absolute atomic E-state index is 0.441. The fourth-order valence-corrected chi connectivity index (χ4v) is 2.65. The first-order chi connectivity index (χ1) is 9.19. The van der Waals surface area contributed by atoms with Gasteiger partial charge in [0.05, 0.1) is 0 Å². The molecule has 0 bridgehead atoms. The highest BCUT2D eigenvalue weighted by atomic mass is 19.1. The van der Waals surface area contributed by atoms with Gasteiger partial charge < -0.3 is 5.32 Å². The second-order valence-electron chi connectivity index (χ2n) is 5.26. The van der Waals surface area contributed by atoms with Crippen LogP contribution in [0.3, 0.4) is 0 Å². The third-order valence-electron chi connectivity index (χ3n) is 3.61. The zero-order chi connectivity index (χ0) is 13.7. The largest absolute Gasteiger partial charge is 0.313 e. The highest BCUT2D eigenvalue weighted by Crippen LogP contribution is 2.14. The Labute approximate surface area is 113 Å². The molecule has 4 heteroatoms. The predicted molar refractivity (Wildman–Crippen MR) is 73.0 cm³/mol. The van der Waals surface area contributed by atoms with Gasteiger partial charge in [-0.3, -0.25) is 4.90 Å². The van der Waals surface area contributed by atoms with Crippen LogP contribution in [0, 0.1) is 11.6 Å². The average molecular weight is 268 g/mol. The molecule has 1 aromatic carbocycles. The van der Waals surface area contributed by atoms with Crippen molar-refractivity contribution in [3.8, 4) is 0 Å². The van der Waals surface area contributed by atoms with E-state index in [-0.39, 0.29) is 0 Å². The standard InChI is InChI=1S/C15H22F2N2/c1-2-4-14-11-19(8-3-7-18-14)10-12-5-6-13(16)9-15(12)17/h5-6,9,14,18H,2-4,7-8,10-11H2,1H3. The van der Waals surface area contributed by atoms with E-state index in [1.54, 1.807) is 6.07 Å². The van der Waals surface area contributed by atoms with Crippen LogP contribution in [0.2, 0.25) is 0 Å². The lowest BCUT2D eigenvalue weighted by Gasteiger charge is -2.24. The lowest BCUT2D eigenvalue weighted by Crippen LogP contribution is -2.37. The number of nitrogens with zero attached hydrogens (tertiary/aromatic N) is 1. The van der Waals surface area contributed by atoms with Gasteiger partial charge in [0.15, 0.2) is 0 Å². The molecule has 1 atom stereocenters. The zero-order valence-corrected chi connectivity index (χ0v) is 11.5. The summed E-state index contributed by atoms with van der Waals surface area (Å²) in [5.41, 5.74) is 0.582. The Bertz CT molecular complexity index is 409. The molecule has 2 rings (SSSR count). The maximum Gasteiger partial charge on any atom is 0.130 e. The van der Waals surface area contributed by atoms with Crippen molar-refractivity contribution in [3.05, 3.63) is 35.4 Å². The zero-order valence-electron chi connectivity index (χ0n) is 11.5. The van der Waals surface area contributed by atoms with E-state index in [9.17, 15) is 8.78 Å². The van der Waals surface area contributed by atoms with Crippen LogP contribution in [-0.4, -0.2) is 30.6 Å². The minimum Gasteiger partial charge on any atom is -0.313 e. The molecule has 1 N–H and O–H groups in total. The van der Waals surface area contributed by atoms with Crippen LogP contribution in [0.5, 0.6) is 0 Å². The van der Waals surface area contributed by atoms with Crippen LogP contribution >= 0.6 is 0 Å². The summed E-state index contributed by atoms with van der Waals surface area (Å²) in [6, 6.07) is 4.33. The first-order valence-electron chi connectivity index (χ1n) is 7.08. The molecular weight excluding hydrogens is 246 g/mol. The maximum absolute atomic E-state index is 13.7. The van der Waals surface area contributed by atoms with E-state index >= 15 is 0 Å². The predicted octanol–water partition coefficient (Wildman–Crippen LogP) is 2.93. The number of rotatable bonds is 4. The fourth-order valence-electron chi connectivity index (χ4n) is 2.65. The van der Waals surface area contributed by atoms with Crippen LogP contribution in [0.1, 0.15) is 31.7 Å². The fraction of sp³-hybridized carbons (Fsp3) is 0.600. The number of benzene rings is 1. The summed E-state index contributed by atoms with van der Waals surface area (Å²) in [7, 11) is 0. The Morgan fingerprint density at radius 3 is 2.95 bits per heavy atom. The van der Waals surface area contributed by atoms with Gasteiger partial charge in [0.25, 0.3) is 0 Å². The van der Waals surface area contributed by atoms with Gasteiger partial charge in [0.2, 0.25) is 0 Å². The molecular formula is C15H22F2N2. The maximum atomic E-state index is 13.7.